The van der Waals surface area contributed by atoms with Gasteiger partial charge in [0.1, 0.15) is 0 Å². The van der Waals surface area contributed by atoms with Gasteiger partial charge in [0.25, 0.3) is 0 Å². The topological polar surface area (TPSA) is 36.9 Å². The van der Waals surface area contributed by atoms with Crippen LogP contribution in [0.3, 0.4) is 0 Å². The molecule has 4 rings (SSSR count). The minimum atomic E-state index is -1.36. The predicted molar refractivity (Wildman–Crippen MR) is 78.5 cm³/mol. The fourth-order valence-corrected chi connectivity index (χ4v) is 3.73. The Morgan fingerprint density at radius 1 is 0.700 bits per heavy atom. The van der Waals surface area contributed by atoms with Crippen molar-refractivity contribution in [3.05, 3.63) is 36.4 Å². The number of benzene rings is 2. The summed E-state index contributed by atoms with van der Waals surface area (Å²) in [4.78, 5) is 0. The van der Waals surface area contributed by atoms with Crippen molar-refractivity contribution >= 4 is 26.0 Å². The van der Waals surface area contributed by atoms with Crippen LogP contribution in [0.5, 0.6) is 23.0 Å². The van der Waals surface area contributed by atoms with Crippen molar-refractivity contribution in [2.75, 3.05) is 13.6 Å². The lowest BCUT2D eigenvalue weighted by molar-refractivity contribution is 0.173. The molecule has 0 saturated heterocycles. The fraction of sp³-hybridized carbons (Fsp3) is 0.143. The summed E-state index contributed by atoms with van der Waals surface area (Å²) in [6.45, 7) is 0.547. The van der Waals surface area contributed by atoms with Crippen molar-refractivity contribution in [1.29, 1.82) is 0 Å². The van der Waals surface area contributed by atoms with Crippen LogP contribution >= 0.6 is 7.80 Å². The van der Waals surface area contributed by atoms with Crippen molar-refractivity contribution in [3.8, 4) is 23.0 Å². The average molecular weight is 285 g/mol. The number of hydrogen-bond donors (Lipinski definition) is 0. The first-order valence-corrected chi connectivity index (χ1v) is 7.81. The minimum Gasteiger partial charge on any atom is -0.454 e. The first-order valence-electron chi connectivity index (χ1n) is 6.24. The highest BCUT2D eigenvalue weighted by Gasteiger charge is 2.19. The minimum absolute atomic E-state index is 0.273. The normalized spacial score (nSPS) is 14.9. The van der Waals surface area contributed by atoms with Gasteiger partial charge in [0.2, 0.25) is 13.6 Å². The molecule has 0 fully saturated rings. The van der Waals surface area contributed by atoms with Crippen molar-refractivity contribution in [3.63, 3.8) is 0 Å². The van der Waals surface area contributed by atoms with E-state index in [2.05, 4.69) is 0 Å². The van der Waals surface area contributed by atoms with E-state index in [0.29, 0.717) is 0 Å². The molecule has 2 aromatic carbocycles. The van der Waals surface area contributed by atoms with E-state index in [9.17, 15) is 0 Å². The van der Waals surface area contributed by atoms with E-state index in [-0.39, 0.29) is 13.6 Å². The van der Waals surface area contributed by atoms with Gasteiger partial charge in [-0.3, -0.25) is 7.57 Å². The summed E-state index contributed by atoms with van der Waals surface area (Å²) < 4.78 is 21.4. The molecule has 2 aromatic rings. The van der Waals surface area contributed by atoms with Crippen molar-refractivity contribution in [2.24, 2.45) is 0 Å². The number of ether oxygens (including phenoxy) is 4. The van der Waals surface area contributed by atoms with Gasteiger partial charge in [0, 0.05) is 22.7 Å². The third-order valence-corrected chi connectivity index (χ3v) is 5.23. The van der Waals surface area contributed by atoms with Gasteiger partial charge in [-0.15, -0.1) is 0 Å². The van der Waals surface area contributed by atoms with E-state index in [1.807, 2.05) is 36.4 Å². The Hall–Kier alpha value is -1.87. The van der Waals surface area contributed by atoms with Gasteiger partial charge in [0.15, 0.2) is 23.0 Å². The number of fused-ring (bicyclic) bond motifs is 2. The molecule has 2 heterocycles. The van der Waals surface area contributed by atoms with Gasteiger partial charge in [-0.05, 0) is 24.3 Å². The lowest BCUT2D eigenvalue weighted by Gasteiger charge is -2.17. The molecule has 0 amide bonds. The first kappa shape index (κ1) is 11.9. The molecule has 20 heavy (non-hydrogen) atoms. The van der Waals surface area contributed by atoms with Gasteiger partial charge in [-0.25, -0.2) is 0 Å². The third kappa shape index (κ3) is 1.90. The summed E-state index contributed by atoms with van der Waals surface area (Å²) in [6, 6.07) is 11.7. The summed E-state index contributed by atoms with van der Waals surface area (Å²) >= 11 is 0. The summed E-state index contributed by atoms with van der Waals surface area (Å²) in [6.07, 6.45) is 0. The van der Waals surface area contributed by atoms with E-state index in [1.165, 1.54) is 0 Å². The summed E-state index contributed by atoms with van der Waals surface area (Å²) in [5, 5.41) is 2.14. The van der Waals surface area contributed by atoms with Gasteiger partial charge >= 0.3 is 0 Å². The zero-order valence-electron chi connectivity index (χ0n) is 10.6. The second-order valence-electron chi connectivity index (χ2n) is 4.55. The summed E-state index contributed by atoms with van der Waals surface area (Å²) in [5.41, 5.74) is 0. The molecule has 0 aliphatic carbocycles. The van der Waals surface area contributed by atoms with Crippen molar-refractivity contribution in [2.45, 2.75) is 0 Å². The molecule has 4 nitrogen and oxygen atoms in total. The van der Waals surface area contributed by atoms with E-state index in [1.54, 1.807) is 0 Å². The molecule has 0 atom stereocenters. The monoisotopic (exact) mass is 285 g/mol. The van der Waals surface area contributed by atoms with E-state index >= 15 is 0 Å². The molecule has 2 aliphatic heterocycles. The summed E-state index contributed by atoms with van der Waals surface area (Å²) in [7, 11) is 5.06. The molecule has 3 radical (unpaired) electrons. The molecule has 0 unspecified atom stereocenters. The van der Waals surface area contributed by atoms with Crippen LogP contribution in [0.2, 0.25) is 0 Å². The second-order valence-corrected chi connectivity index (χ2v) is 6.53. The number of rotatable bonds is 2. The van der Waals surface area contributed by atoms with Crippen molar-refractivity contribution in [1.82, 2.24) is 0 Å². The molecule has 2 aliphatic rings. The van der Waals surface area contributed by atoms with Crippen LogP contribution in [0.4, 0.5) is 0 Å². The Morgan fingerprint density at radius 2 is 1.15 bits per heavy atom. The lowest BCUT2D eigenvalue weighted by Crippen LogP contribution is -2.11. The van der Waals surface area contributed by atoms with Gasteiger partial charge < -0.3 is 18.9 Å². The maximum atomic E-state index is 6.41. The third-order valence-electron chi connectivity index (χ3n) is 3.37. The van der Waals surface area contributed by atoms with Crippen LogP contribution in [0.25, 0.3) is 0 Å². The highest BCUT2D eigenvalue weighted by molar-refractivity contribution is 7.94. The zero-order valence-corrected chi connectivity index (χ0v) is 11.6. The molecule has 0 bridgehead atoms. The van der Waals surface area contributed by atoms with Crippen LogP contribution in [-0.4, -0.2) is 21.2 Å². The van der Waals surface area contributed by atoms with Gasteiger partial charge in [-0.1, -0.05) is 0 Å². The molecule has 0 saturated carbocycles. The second kappa shape index (κ2) is 4.60. The van der Waals surface area contributed by atoms with Crippen LogP contribution in [0.1, 0.15) is 0 Å². The van der Waals surface area contributed by atoms with Gasteiger partial charge in [0.05, 0.1) is 0 Å². The fourth-order valence-electron chi connectivity index (χ4n) is 2.29. The van der Waals surface area contributed by atoms with Crippen LogP contribution in [-0.2, 0) is 0 Å². The molecule has 6 heteroatoms. The van der Waals surface area contributed by atoms with Crippen LogP contribution in [0.15, 0.2) is 36.4 Å². The molecular formula is C14H11BO4P. The number of hydrogen-bond acceptors (Lipinski definition) is 4. The zero-order chi connectivity index (χ0) is 13.5. The Kier molecular flexibility index (Phi) is 2.74. The van der Waals surface area contributed by atoms with Gasteiger partial charge in [-0.2, -0.15) is 7.80 Å². The van der Waals surface area contributed by atoms with Crippen LogP contribution < -0.4 is 29.6 Å². The first-order chi connectivity index (χ1) is 9.81. The Balaban J connectivity index is 1.68. The van der Waals surface area contributed by atoms with Crippen molar-refractivity contribution < 1.29 is 18.9 Å². The summed E-state index contributed by atoms with van der Waals surface area (Å²) in [5.74, 6) is 3.07. The van der Waals surface area contributed by atoms with E-state index in [4.69, 9.17) is 26.5 Å². The standard InChI is InChI=1S/C14H11BO4P/c15-20(9-1-3-11-13(5-9)18-7-16-11)10-2-4-12-14(6-10)19-8-17-12/h1-6,20H,7-8H2. The Morgan fingerprint density at radius 3 is 1.65 bits per heavy atom. The molecule has 0 spiro atoms. The highest BCUT2D eigenvalue weighted by atomic mass is 31.1. The Bertz CT molecular complexity index is 619. The highest BCUT2D eigenvalue weighted by Crippen LogP contribution is 2.38. The molecular weight excluding hydrogens is 274 g/mol. The predicted octanol–water partition coefficient (Wildman–Crippen LogP) is 1.39. The molecule has 99 valence electrons. The molecule has 0 N–H and O–H groups in total. The van der Waals surface area contributed by atoms with E-state index in [0.717, 1.165) is 33.6 Å². The molecule has 0 aromatic heterocycles. The lowest BCUT2D eigenvalue weighted by atomic mass is 10.3. The smallest absolute Gasteiger partial charge is 0.231 e. The average Bonchev–Trinajstić information content (AvgIpc) is 3.13. The SMILES string of the molecule is [B-][PH+](c1ccc2c(c1)OCO2)c1ccc2c(c1)OCO2. The largest absolute Gasteiger partial charge is 0.454 e. The maximum absolute atomic E-state index is 6.41. The Labute approximate surface area is 118 Å². The van der Waals surface area contributed by atoms with Crippen LogP contribution in [0, 0.1) is 0 Å². The van der Waals surface area contributed by atoms with E-state index < -0.39 is 7.80 Å². The maximum Gasteiger partial charge on any atom is 0.231 e. The quantitative estimate of drug-likeness (QED) is 0.617.